The van der Waals surface area contributed by atoms with Crippen LogP contribution >= 0.6 is 11.6 Å². The number of carbonyl (C=O) groups is 1. The molecular weight excluding hydrogens is 396 g/mol. The monoisotopic (exact) mass is 412 g/mol. The van der Waals surface area contributed by atoms with Gasteiger partial charge in [-0.15, -0.1) is 0 Å². The van der Waals surface area contributed by atoms with E-state index in [1.54, 1.807) is 31.2 Å². The number of rotatable bonds is 8. The van der Waals surface area contributed by atoms with Gasteiger partial charge in [0.05, 0.1) is 28.9 Å². The van der Waals surface area contributed by atoms with E-state index in [2.05, 4.69) is 4.72 Å². The molecule has 1 N–H and O–H groups in total. The third-order valence-corrected chi connectivity index (χ3v) is 5.44. The number of sulfonamides is 1. The summed E-state index contributed by atoms with van der Waals surface area (Å²) in [6.07, 6.45) is -0.260. The van der Waals surface area contributed by atoms with Gasteiger partial charge in [-0.2, -0.15) is 0 Å². The number of nitrogens with zero attached hydrogens (tertiary/aromatic N) is 1. The zero-order chi connectivity index (χ0) is 20.0. The number of hydrogen-bond donors (Lipinski definition) is 1. The summed E-state index contributed by atoms with van der Waals surface area (Å²) < 4.78 is 32.7. The van der Waals surface area contributed by atoms with E-state index in [0.717, 1.165) is 24.3 Å². The highest BCUT2D eigenvalue weighted by molar-refractivity contribution is 7.89. The Balaban J connectivity index is 2.34. The molecule has 2 rings (SSSR count). The maximum Gasteiger partial charge on any atom is 0.307 e. The van der Waals surface area contributed by atoms with Crippen LogP contribution in [-0.4, -0.2) is 25.9 Å². The zero-order valence-electron chi connectivity index (χ0n) is 14.3. The molecule has 0 amide bonds. The summed E-state index contributed by atoms with van der Waals surface area (Å²) in [4.78, 5) is 21.8. The zero-order valence-corrected chi connectivity index (χ0v) is 15.9. The fraction of sp³-hybridized carbons (Fsp3) is 0.235. The highest BCUT2D eigenvalue weighted by atomic mass is 35.5. The van der Waals surface area contributed by atoms with Crippen molar-refractivity contribution in [1.29, 1.82) is 0 Å². The van der Waals surface area contributed by atoms with Gasteiger partial charge in [0.2, 0.25) is 10.0 Å². The molecule has 0 radical (unpaired) electrons. The molecule has 0 aliphatic heterocycles. The van der Waals surface area contributed by atoms with Crippen LogP contribution in [0.2, 0.25) is 5.02 Å². The van der Waals surface area contributed by atoms with E-state index in [0.29, 0.717) is 5.56 Å². The van der Waals surface area contributed by atoms with Crippen LogP contribution in [0.5, 0.6) is 0 Å². The first kappa shape index (κ1) is 20.8. The van der Waals surface area contributed by atoms with Crippen LogP contribution in [0.25, 0.3) is 0 Å². The van der Waals surface area contributed by atoms with Gasteiger partial charge in [-0.3, -0.25) is 14.9 Å². The summed E-state index contributed by atoms with van der Waals surface area (Å²) in [5.74, 6) is -0.589. The number of hydrogen-bond acceptors (Lipinski definition) is 6. The molecule has 144 valence electrons. The highest BCUT2D eigenvalue weighted by Crippen LogP contribution is 2.27. The lowest BCUT2D eigenvalue weighted by molar-refractivity contribution is -0.384. The van der Waals surface area contributed by atoms with Gasteiger partial charge < -0.3 is 4.74 Å². The lowest BCUT2D eigenvalue weighted by Crippen LogP contribution is -2.31. The number of nitro groups is 1. The average Bonchev–Trinajstić information content (AvgIpc) is 2.61. The van der Waals surface area contributed by atoms with Crippen molar-refractivity contribution in [3.05, 3.63) is 69.2 Å². The molecule has 10 heteroatoms. The number of benzene rings is 2. The van der Waals surface area contributed by atoms with Crippen molar-refractivity contribution in [3.63, 3.8) is 0 Å². The van der Waals surface area contributed by atoms with Crippen LogP contribution in [0.15, 0.2) is 53.4 Å². The van der Waals surface area contributed by atoms with E-state index >= 15 is 0 Å². The maximum atomic E-state index is 12.7. The third-order valence-electron chi connectivity index (χ3n) is 3.61. The van der Waals surface area contributed by atoms with Gasteiger partial charge in [-0.25, -0.2) is 13.1 Å². The number of non-ortho nitro benzene ring substituents is 1. The fourth-order valence-corrected chi connectivity index (χ4v) is 3.84. The summed E-state index contributed by atoms with van der Waals surface area (Å²) in [5, 5.41) is 11.0. The molecule has 0 heterocycles. The molecule has 0 aliphatic rings. The minimum Gasteiger partial charge on any atom is -0.466 e. The molecule has 0 saturated heterocycles. The lowest BCUT2D eigenvalue weighted by Gasteiger charge is -2.19. The second kappa shape index (κ2) is 8.94. The molecule has 0 spiro atoms. The second-order valence-electron chi connectivity index (χ2n) is 5.46. The summed E-state index contributed by atoms with van der Waals surface area (Å²) in [6, 6.07) is 9.98. The predicted octanol–water partition coefficient (Wildman–Crippen LogP) is 3.22. The molecule has 2 aromatic carbocycles. The molecule has 0 aliphatic carbocycles. The number of carbonyl (C=O) groups excluding carboxylic acids is 1. The number of esters is 1. The largest absolute Gasteiger partial charge is 0.466 e. The lowest BCUT2D eigenvalue weighted by atomic mass is 10.1. The molecule has 0 unspecified atom stereocenters. The van der Waals surface area contributed by atoms with Gasteiger partial charge in [0, 0.05) is 17.2 Å². The fourth-order valence-electron chi connectivity index (χ4n) is 2.36. The van der Waals surface area contributed by atoms with Crippen molar-refractivity contribution < 1.29 is 22.9 Å². The van der Waals surface area contributed by atoms with E-state index in [-0.39, 0.29) is 28.6 Å². The van der Waals surface area contributed by atoms with Gasteiger partial charge in [0.15, 0.2) is 0 Å². The SMILES string of the molecule is CCOC(=O)C[C@@H](NS(=O)(=O)c1ccc([N+](=O)[O-])cc1)c1ccccc1Cl. The van der Waals surface area contributed by atoms with Crippen LogP contribution in [0.1, 0.15) is 24.9 Å². The first-order chi connectivity index (χ1) is 12.7. The molecule has 0 bridgehead atoms. The van der Waals surface area contributed by atoms with Crippen LogP contribution in [0, 0.1) is 10.1 Å². The van der Waals surface area contributed by atoms with Crippen molar-refractivity contribution in [2.45, 2.75) is 24.3 Å². The van der Waals surface area contributed by atoms with Gasteiger partial charge in [0.1, 0.15) is 0 Å². The van der Waals surface area contributed by atoms with Crippen LogP contribution < -0.4 is 4.72 Å². The molecule has 2 aromatic rings. The van der Waals surface area contributed by atoms with Crippen molar-refractivity contribution in [2.75, 3.05) is 6.61 Å². The van der Waals surface area contributed by atoms with Crippen molar-refractivity contribution in [3.8, 4) is 0 Å². The Hall–Kier alpha value is -2.49. The number of ether oxygens (including phenoxy) is 1. The van der Waals surface area contributed by atoms with Gasteiger partial charge in [-0.05, 0) is 30.7 Å². The average molecular weight is 413 g/mol. The number of halogens is 1. The maximum absolute atomic E-state index is 12.7. The predicted molar refractivity (Wildman–Crippen MR) is 98.9 cm³/mol. The first-order valence-electron chi connectivity index (χ1n) is 7.91. The molecular formula is C17H17ClN2O6S. The Labute approximate surface area is 161 Å². The second-order valence-corrected chi connectivity index (χ2v) is 7.58. The molecule has 8 nitrogen and oxygen atoms in total. The van der Waals surface area contributed by atoms with E-state index in [1.807, 2.05) is 0 Å². The number of nitrogens with one attached hydrogen (secondary N) is 1. The minimum absolute atomic E-state index is 0.156. The van der Waals surface area contributed by atoms with E-state index in [1.165, 1.54) is 0 Å². The van der Waals surface area contributed by atoms with Crippen molar-refractivity contribution in [2.24, 2.45) is 0 Å². The molecule has 27 heavy (non-hydrogen) atoms. The topological polar surface area (TPSA) is 116 Å². The van der Waals surface area contributed by atoms with Gasteiger partial charge >= 0.3 is 5.97 Å². The van der Waals surface area contributed by atoms with Gasteiger partial charge in [0.25, 0.3) is 5.69 Å². The van der Waals surface area contributed by atoms with Crippen molar-refractivity contribution in [1.82, 2.24) is 4.72 Å². The van der Waals surface area contributed by atoms with Crippen LogP contribution in [0.4, 0.5) is 5.69 Å². The normalized spacial score (nSPS) is 12.4. The van der Waals surface area contributed by atoms with Gasteiger partial charge in [-0.1, -0.05) is 29.8 Å². The van der Waals surface area contributed by atoms with E-state index < -0.39 is 27.0 Å². The van der Waals surface area contributed by atoms with Crippen molar-refractivity contribution >= 4 is 33.3 Å². The minimum atomic E-state index is -4.07. The summed E-state index contributed by atoms with van der Waals surface area (Å²) >= 11 is 6.15. The summed E-state index contributed by atoms with van der Waals surface area (Å²) in [6.45, 7) is 1.80. The Morgan fingerprint density at radius 1 is 1.22 bits per heavy atom. The smallest absolute Gasteiger partial charge is 0.307 e. The Morgan fingerprint density at radius 2 is 1.85 bits per heavy atom. The Kier molecular flexibility index (Phi) is 6.89. The summed E-state index contributed by atoms with van der Waals surface area (Å²) in [7, 11) is -4.07. The molecule has 0 fully saturated rings. The summed E-state index contributed by atoms with van der Waals surface area (Å²) in [5.41, 5.74) is 0.181. The molecule has 0 saturated carbocycles. The first-order valence-corrected chi connectivity index (χ1v) is 9.77. The van der Waals surface area contributed by atoms with Crippen LogP contribution in [0.3, 0.4) is 0 Å². The van der Waals surface area contributed by atoms with Crippen LogP contribution in [-0.2, 0) is 19.6 Å². The molecule has 0 aromatic heterocycles. The Morgan fingerprint density at radius 3 is 2.41 bits per heavy atom. The molecule has 1 atom stereocenters. The van der Waals surface area contributed by atoms with E-state index in [4.69, 9.17) is 16.3 Å². The van der Waals surface area contributed by atoms with E-state index in [9.17, 15) is 23.3 Å². The standard InChI is InChI=1S/C17H17ClN2O6S/c1-2-26-17(21)11-16(14-5-3-4-6-15(14)18)19-27(24,25)13-9-7-12(8-10-13)20(22)23/h3-10,16,19H,2,11H2,1H3/t16-/m1/s1. The highest BCUT2D eigenvalue weighted by Gasteiger charge is 2.26. The number of nitro benzene ring substituents is 1. The Bertz CT molecular complexity index is 931. The third kappa shape index (κ3) is 5.49. The quantitative estimate of drug-likeness (QED) is 0.404.